The first-order chi connectivity index (χ1) is 11.4. The first kappa shape index (κ1) is 18.7. The molecule has 1 aliphatic rings. The van der Waals surface area contributed by atoms with E-state index >= 15 is 0 Å². The van der Waals surface area contributed by atoms with Gasteiger partial charge < -0.3 is 14.8 Å². The quantitative estimate of drug-likeness (QED) is 0.733. The summed E-state index contributed by atoms with van der Waals surface area (Å²) in [5.41, 5.74) is 0. The highest BCUT2D eigenvalue weighted by molar-refractivity contribution is 7.89. The zero-order valence-electron chi connectivity index (χ0n) is 14.0. The molecule has 1 aromatic rings. The minimum absolute atomic E-state index is 0.0226. The summed E-state index contributed by atoms with van der Waals surface area (Å²) >= 11 is 0. The van der Waals surface area contributed by atoms with E-state index in [1.54, 1.807) is 12.1 Å². The molecule has 0 unspecified atom stereocenters. The van der Waals surface area contributed by atoms with E-state index in [0.29, 0.717) is 45.2 Å². The number of carbonyl (C=O) groups excluding carboxylic acids is 1. The lowest BCUT2D eigenvalue weighted by Crippen LogP contribution is -2.40. The Morgan fingerprint density at radius 3 is 2.46 bits per heavy atom. The van der Waals surface area contributed by atoms with Crippen LogP contribution >= 0.6 is 0 Å². The van der Waals surface area contributed by atoms with Crippen LogP contribution in [0.25, 0.3) is 0 Å². The minimum atomic E-state index is -3.48. The van der Waals surface area contributed by atoms with E-state index in [-0.39, 0.29) is 16.7 Å². The Kier molecular flexibility index (Phi) is 6.59. The number of nitrogens with one attached hydrogen (secondary N) is 1. The van der Waals surface area contributed by atoms with Gasteiger partial charge in [-0.25, -0.2) is 8.42 Å². The number of benzene rings is 1. The molecule has 0 spiro atoms. The molecule has 8 heteroatoms. The van der Waals surface area contributed by atoms with Gasteiger partial charge in [-0.05, 0) is 24.3 Å². The predicted molar refractivity (Wildman–Crippen MR) is 89.4 cm³/mol. The fourth-order valence-electron chi connectivity index (χ4n) is 2.19. The number of amides is 1. The van der Waals surface area contributed by atoms with Gasteiger partial charge in [0, 0.05) is 19.0 Å². The first-order valence-corrected chi connectivity index (χ1v) is 9.44. The number of carbonyl (C=O) groups is 1. The molecule has 1 saturated heterocycles. The molecule has 0 bridgehead atoms. The fraction of sp³-hybridized carbons (Fsp3) is 0.562. The molecular formula is C16H24N2O5S. The van der Waals surface area contributed by atoms with Crippen LogP contribution in [-0.4, -0.2) is 58.1 Å². The lowest BCUT2D eigenvalue weighted by atomic mass is 10.2. The van der Waals surface area contributed by atoms with E-state index < -0.39 is 10.0 Å². The average molecular weight is 356 g/mol. The molecule has 0 aliphatic carbocycles. The third-order valence-electron chi connectivity index (χ3n) is 3.63. The summed E-state index contributed by atoms with van der Waals surface area (Å²) in [6.45, 7) is 5.96. The van der Waals surface area contributed by atoms with E-state index in [4.69, 9.17) is 9.47 Å². The predicted octanol–water partition coefficient (Wildman–Crippen LogP) is 0.859. The van der Waals surface area contributed by atoms with Crippen molar-refractivity contribution >= 4 is 15.9 Å². The van der Waals surface area contributed by atoms with Crippen LogP contribution in [0.2, 0.25) is 0 Å². The monoisotopic (exact) mass is 356 g/mol. The van der Waals surface area contributed by atoms with Crippen molar-refractivity contribution in [3.05, 3.63) is 24.3 Å². The highest BCUT2D eigenvalue weighted by Gasteiger charge is 2.26. The maximum atomic E-state index is 12.5. The Morgan fingerprint density at radius 2 is 1.88 bits per heavy atom. The summed E-state index contributed by atoms with van der Waals surface area (Å²) in [6, 6.07) is 6.31. The van der Waals surface area contributed by atoms with Crippen molar-refractivity contribution in [2.75, 3.05) is 39.5 Å². The van der Waals surface area contributed by atoms with E-state index in [1.165, 1.54) is 16.4 Å². The number of rotatable bonds is 7. The lowest BCUT2D eigenvalue weighted by molar-refractivity contribution is -0.124. The Bertz CT molecular complexity index is 637. The summed E-state index contributed by atoms with van der Waals surface area (Å²) < 4.78 is 37.1. The van der Waals surface area contributed by atoms with Crippen LogP contribution in [0, 0.1) is 5.92 Å². The van der Waals surface area contributed by atoms with Crippen LogP contribution in [0.4, 0.5) is 0 Å². The molecule has 0 radical (unpaired) electrons. The lowest BCUT2D eigenvalue weighted by Gasteiger charge is -2.26. The smallest absolute Gasteiger partial charge is 0.243 e. The summed E-state index contributed by atoms with van der Waals surface area (Å²) in [6.07, 6.45) is 0. The van der Waals surface area contributed by atoms with Gasteiger partial charge in [0.15, 0.2) is 0 Å². The fourth-order valence-corrected chi connectivity index (χ4v) is 3.60. The Labute approximate surface area is 143 Å². The average Bonchev–Trinajstić information content (AvgIpc) is 2.59. The molecule has 0 aromatic heterocycles. The summed E-state index contributed by atoms with van der Waals surface area (Å²) in [5.74, 6) is 0.481. The maximum Gasteiger partial charge on any atom is 0.243 e. The van der Waals surface area contributed by atoms with Crippen LogP contribution in [0.3, 0.4) is 0 Å². The van der Waals surface area contributed by atoms with Gasteiger partial charge in [-0.3, -0.25) is 4.79 Å². The molecule has 1 aromatic carbocycles. The summed E-state index contributed by atoms with van der Waals surface area (Å²) in [4.78, 5) is 11.7. The van der Waals surface area contributed by atoms with Gasteiger partial charge in [0.25, 0.3) is 0 Å². The molecule has 1 aliphatic heterocycles. The zero-order valence-corrected chi connectivity index (χ0v) is 14.8. The molecule has 1 fully saturated rings. The second-order valence-corrected chi connectivity index (χ2v) is 7.72. The SMILES string of the molecule is CC(C)C(=O)NCCOc1ccc(S(=O)(=O)N2CCOCC2)cc1. The minimum Gasteiger partial charge on any atom is -0.492 e. The van der Waals surface area contributed by atoms with E-state index in [1.807, 2.05) is 13.8 Å². The van der Waals surface area contributed by atoms with Gasteiger partial charge in [-0.15, -0.1) is 0 Å². The molecule has 2 rings (SSSR count). The highest BCUT2D eigenvalue weighted by atomic mass is 32.2. The summed E-state index contributed by atoms with van der Waals surface area (Å²) in [5, 5.41) is 2.75. The molecule has 134 valence electrons. The third-order valence-corrected chi connectivity index (χ3v) is 5.54. The van der Waals surface area contributed by atoms with Gasteiger partial charge >= 0.3 is 0 Å². The van der Waals surface area contributed by atoms with Crippen molar-refractivity contribution in [1.82, 2.24) is 9.62 Å². The van der Waals surface area contributed by atoms with Crippen LogP contribution in [0.5, 0.6) is 5.75 Å². The molecule has 1 heterocycles. The van der Waals surface area contributed by atoms with Crippen LogP contribution in [0.1, 0.15) is 13.8 Å². The Balaban J connectivity index is 1.87. The van der Waals surface area contributed by atoms with Gasteiger partial charge in [0.05, 0.1) is 24.7 Å². The molecule has 24 heavy (non-hydrogen) atoms. The second kappa shape index (κ2) is 8.46. The normalized spacial score (nSPS) is 16.1. The van der Waals surface area contributed by atoms with Gasteiger partial charge in [0.1, 0.15) is 12.4 Å². The molecule has 0 saturated carbocycles. The number of ether oxygens (including phenoxy) is 2. The molecule has 7 nitrogen and oxygen atoms in total. The number of nitrogens with zero attached hydrogens (tertiary/aromatic N) is 1. The largest absolute Gasteiger partial charge is 0.492 e. The molecule has 1 N–H and O–H groups in total. The van der Waals surface area contributed by atoms with E-state index in [2.05, 4.69) is 5.32 Å². The molecular weight excluding hydrogens is 332 g/mol. The number of sulfonamides is 1. The van der Waals surface area contributed by atoms with Crippen LogP contribution < -0.4 is 10.1 Å². The van der Waals surface area contributed by atoms with Crippen molar-refractivity contribution in [3.63, 3.8) is 0 Å². The standard InChI is InChI=1S/C16H24N2O5S/c1-13(2)16(19)17-7-10-23-14-3-5-15(6-4-14)24(20,21)18-8-11-22-12-9-18/h3-6,13H,7-12H2,1-2H3,(H,17,19). The van der Waals surface area contributed by atoms with Crippen molar-refractivity contribution in [2.45, 2.75) is 18.7 Å². The molecule has 0 atom stereocenters. The van der Waals surface area contributed by atoms with E-state index in [0.717, 1.165) is 0 Å². The molecule has 1 amide bonds. The number of morpholine rings is 1. The van der Waals surface area contributed by atoms with Crippen molar-refractivity contribution in [3.8, 4) is 5.75 Å². The van der Waals surface area contributed by atoms with Gasteiger partial charge in [0.2, 0.25) is 15.9 Å². The highest BCUT2D eigenvalue weighted by Crippen LogP contribution is 2.20. The third kappa shape index (κ3) is 4.93. The Morgan fingerprint density at radius 1 is 1.25 bits per heavy atom. The van der Waals surface area contributed by atoms with Crippen molar-refractivity contribution in [2.24, 2.45) is 5.92 Å². The van der Waals surface area contributed by atoms with Gasteiger partial charge in [-0.1, -0.05) is 13.8 Å². The van der Waals surface area contributed by atoms with Crippen LogP contribution in [-0.2, 0) is 19.6 Å². The second-order valence-electron chi connectivity index (χ2n) is 5.78. The first-order valence-electron chi connectivity index (χ1n) is 8.00. The van der Waals surface area contributed by atoms with Crippen LogP contribution in [0.15, 0.2) is 29.2 Å². The zero-order chi connectivity index (χ0) is 17.6. The number of hydrogen-bond acceptors (Lipinski definition) is 5. The van der Waals surface area contributed by atoms with E-state index in [9.17, 15) is 13.2 Å². The van der Waals surface area contributed by atoms with Crippen molar-refractivity contribution in [1.29, 1.82) is 0 Å². The Hall–Kier alpha value is -1.64. The van der Waals surface area contributed by atoms with Gasteiger partial charge in [-0.2, -0.15) is 4.31 Å². The van der Waals surface area contributed by atoms with Crippen molar-refractivity contribution < 1.29 is 22.7 Å². The maximum absolute atomic E-state index is 12.5. The summed E-state index contributed by atoms with van der Waals surface area (Å²) in [7, 11) is -3.48. The topological polar surface area (TPSA) is 84.9 Å². The number of hydrogen-bond donors (Lipinski definition) is 1.